The number of aromatic hydroxyl groups is 1. The van der Waals surface area contributed by atoms with Crippen molar-refractivity contribution in [2.75, 3.05) is 5.75 Å². The molecule has 0 saturated heterocycles. The van der Waals surface area contributed by atoms with E-state index in [1.807, 2.05) is 47.6 Å². The van der Waals surface area contributed by atoms with Gasteiger partial charge in [0.1, 0.15) is 16.7 Å². The van der Waals surface area contributed by atoms with E-state index in [2.05, 4.69) is 0 Å². The lowest BCUT2D eigenvalue weighted by atomic mass is 9.78. The Morgan fingerprint density at radius 3 is 1.97 bits per heavy atom. The van der Waals surface area contributed by atoms with Gasteiger partial charge in [-0.2, -0.15) is 5.26 Å². The Balaban J connectivity index is 2.53. The van der Waals surface area contributed by atoms with Gasteiger partial charge in [-0.1, -0.05) is 60.8 Å². The van der Waals surface area contributed by atoms with Gasteiger partial charge in [0, 0.05) is 11.1 Å². The number of nitrogens with zero attached hydrogens (tertiary/aromatic N) is 1. The first-order valence-electron chi connectivity index (χ1n) is 10.5. The van der Waals surface area contributed by atoms with Crippen LogP contribution in [-0.4, -0.2) is 19.3 Å². The minimum absolute atomic E-state index is 0.0444. The maximum atomic E-state index is 12.9. The minimum atomic E-state index is -3.64. The Bertz CT molecular complexity index is 881. The Hall–Kier alpha value is -1.80. The fraction of sp³-hybridized carbons (Fsp3) is 0.625. The third kappa shape index (κ3) is 5.85. The number of sulfone groups is 1. The van der Waals surface area contributed by atoms with Crippen LogP contribution in [0.1, 0.15) is 90.3 Å². The molecule has 0 aromatic heterocycles. The largest absolute Gasteiger partial charge is 0.507 e. The predicted molar refractivity (Wildman–Crippen MR) is 119 cm³/mol. The van der Waals surface area contributed by atoms with E-state index in [0.717, 1.165) is 43.2 Å². The molecule has 1 aliphatic rings. The van der Waals surface area contributed by atoms with Crippen molar-refractivity contribution in [2.45, 2.75) is 84.5 Å². The maximum absolute atomic E-state index is 12.9. The lowest BCUT2D eigenvalue weighted by molar-refractivity contribution is 0.385. The molecule has 2 rings (SSSR count). The average molecular weight is 418 g/mol. The van der Waals surface area contributed by atoms with Crippen molar-refractivity contribution in [1.82, 2.24) is 0 Å². The zero-order chi connectivity index (χ0) is 22.0. The third-order valence-electron chi connectivity index (χ3n) is 5.67. The molecule has 1 saturated carbocycles. The van der Waals surface area contributed by atoms with Gasteiger partial charge in [-0.05, 0) is 53.4 Å². The van der Waals surface area contributed by atoms with Crippen molar-refractivity contribution in [3.05, 3.63) is 33.7 Å². The highest BCUT2D eigenvalue weighted by Gasteiger charge is 2.28. The van der Waals surface area contributed by atoms with Crippen LogP contribution >= 0.6 is 0 Å². The summed E-state index contributed by atoms with van der Waals surface area (Å²) in [5.74, 6) is 0.425. The second-order valence-electron chi connectivity index (χ2n) is 10.4. The predicted octanol–water partition coefficient (Wildman–Crippen LogP) is 5.85. The summed E-state index contributed by atoms with van der Waals surface area (Å²) in [7, 11) is -3.64. The highest BCUT2D eigenvalue weighted by molar-refractivity contribution is 7.95. The monoisotopic (exact) mass is 417 g/mol. The van der Waals surface area contributed by atoms with E-state index in [-0.39, 0.29) is 33.2 Å². The van der Waals surface area contributed by atoms with Crippen molar-refractivity contribution in [3.8, 4) is 11.8 Å². The molecule has 0 bridgehead atoms. The molecule has 1 N–H and O–H groups in total. The molecule has 5 heteroatoms. The lowest BCUT2D eigenvalue weighted by Crippen LogP contribution is -2.20. The average Bonchev–Trinajstić information content (AvgIpc) is 2.59. The second-order valence-corrected chi connectivity index (χ2v) is 12.4. The SMILES string of the molecule is CC(C)(C)c1cc(/C=C(\C#N)S(=O)(=O)CC2CCCCC2)cc(C(C)(C)C)c1O. The van der Waals surface area contributed by atoms with Gasteiger partial charge < -0.3 is 5.11 Å². The number of nitriles is 1. The zero-order valence-corrected chi connectivity index (χ0v) is 19.5. The highest BCUT2D eigenvalue weighted by Crippen LogP contribution is 2.40. The molecule has 29 heavy (non-hydrogen) atoms. The highest BCUT2D eigenvalue weighted by atomic mass is 32.2. The Morgan fingerprint density at radius 2 is 1.55 bits per heavy atom. The molecular weight excluding hydrogens is 382 g/mol. The Kier molecular flexibility index (Phi) is 6.89. The molecule has 0 amide bonds. The van der Waals surface area contributed by atoms with Crippen LogP contribution in [0.25, 0.3) is 6.08 Å². The van der Waals surface area contributed by atoms with E-state index in [4.69, 9.17) is 0 Å². The molecular formula is C24H35NO3S. The van der Waals surface area contributed by atoms with Crippen molar-refractivity contribution in [2.24, 2.45) is 5.92 Å². The van der Waals surface area contributed by atoms with Gasteiger partial charge in [0.15, 0.2) is 9.84 Å². The summed E-state index contributed by atoms with van der Waals surface area (Å²) in [5.41, 5.74) is 1.50. The van der Waals surface area contributed by atoms with E-state index < -0.39 is 9.84 Å². The normalized spacial score (nSPS) is 17.2. The van der Waals surface area contributed by atoms with Gasteiger partial charge >= 0.3 is 0 Å². The first-order valence-corrected chi connectivity index (χ1v) is 12.1. The van der Waals surface area contributed by atoms with Gasteiger partial charge in [0.25, 0.3) is 0 Å². The fourth-order valence-electron chi connectivity index (χ4n) is 3.98. The van der Waals surface area contributed by atoms with Gasteiger partial charge in [-0.3, -0.25) is 0 Å². The first kappa shape index (κ1) is 23.5. The Labute approximate surface area is 176 Å². The van der Waals surface area contributed by atoms with Crippen LogP contribution in [0.2, 0.25) is 0 Å². The molecule has 160 valence electrons. The van der Waals surface area contributed by atoms with Crippen molar-refractivity contribution in [3.63, 3.8) is 0 Å². The smallest absolute Gasteiger partial charge is 0.188 e. The molecule has 0 heterocycles. The summed E-state index contributed by atoms with van der Waals surface area (Å²) in [6, 6.07) is 5.53. The van der Waals surface area contributed by atoms with E-state index in [0.29, 0.717) is 5.56 Å². The third-order valence-corrected chi connectivity index (χ3v) is 7.46. The molecule has 0 atom stereocenters. The van der Waals surface area contributed by atoms with Gasteiger partial charge in [-0.15, -0.1) is 0 Å². The molecule has 0 aliphatic heterocycles. The summed E-state index contributed by atoms with van der Waals surface area (Å²) in [4.78, 5) is -0.187. The number of rotatable bonds is 4. The standard InChI is InChI=1S/C24H35NO3S/c1-23(2,3)20-13-18(14-21(22(20)26)24(4,5)6)12-19(15-25)29(27,28)16-17-10-8-7-9-11-17/h12-14,17,26H,7-11,16H2,1-6H3/b19-12+. The van der Waals surface area contributed by atoms with Crippen LogP contribution in [0.4, 0.5) is 0 Å². The number of benzene rings is 1. The van der Waals surface area contributed by atoms with Crippen LogP contribution in [0.3, 0.4) is 0 Å². The topological polar surface area (TPSA) is 78.2 Å². The maximum Gasteiger partial charge on any atom is 0.188 e. The van der Waals surface area contributed by atoms with Crippen LogP contribution < -0.4 is 0 Å². The number of phenols is 1. The molecule has 0 unspecified atom stereocenters. The molecule has 0 radical (unpaired) electrons. The van der Waals surface area contributed by atoms with Crippen molar-refractivity contribution in [1.29, 1.82) is 5.26 Å². The minimum Gasteiger partial charge on any atom is -0.507 e. The summed E-state index contributed by atoms with van der Waals surface area (Å²) in [6.45, 7) is 12.0. The van der Waals surface area contributed by atoms with Crippen molar-refractivity contribution < 1.29 is 13.5 Å². The number of allylic oxidation sites excluding steroid dienone is 1. The van der Waals surface area contributed by atoms with Crippen LogP contribution in [0, 0.1) is 17.2 Å². The lowest BCUT2D eigenvalue weighted by Gasteiger charge is -2.28. The van der Waals surface area contributed by atoms with Crippen LogP contribution in [-0.2, 0) is 20.7 Å². The van der Waals surface area contributed by atoms with Gasteiger partial charge in [0.2, 0.25) is 0 Å². The molecule has 1 aliphatic carbocycles. The Morgan fingerprint density at radius 1 is 1.07 bits per heavy atom. The van der Waals surface area contributed by atoms with Crippen molar-refractivity contribution >= 4 is 15.9 Å². The summed E-state index contributed by atoms with van der Waals surface area (Å²) >= 11 is 0. The van der Waals surface area contributed by atoms with Gasteiger partial charge in [-0.25, -0.2) is 8.42 Å². The molecule has 1 aromatic carbocycles. The first-order chi connectivity index (χ1) is 13.3. The summed E-state index contributed by atoms with van der Waals surface area (Å²) in [6.07, 6.45) is 6.60. The zero-order valence-electron chi connectivity index (χ0n) is 18.7. The quantitative estimate of drug-likeness (QED) is 0.624. The van der Waals surface area contributed by atoms with E-state index in [1.165, 1.54) is 6.08 Å². The second kappa shape index (κ2) is 8.52. The van der Waals surface area contributed by atoms with E-state index >= 15 is 0 Å². The number of hydrogen-bond donors (Lipinski definition) is 1. The van der Waals surface area contributed by atoms with Crippen LogP contribution in [0.5, 0.6) is 5.75 Å². The summed E-state index contributed by atoms with van der Waals surface area (Å²) in [5, 5.41) is 20.5. The molecule has 1 fully saturated rings. The van der Waals surface area contributed by atoms with E-state index in [9.17, 15) is 18.8 Å². The molecule has 0 spiro atoms. The van der Waals surface area contributed by atoms with E-state index in [1.54, 1.807) is 12.1 Å². The molecule has 1 aromatic rings. The summed E-state index contributed by atoms with van der Waals surface area (Å²) < 4.78 is 25.8. The van der Waals surface area contributed by atoms with Gasteiger partial charge in [0.05, 0.1) is 5.75 Å². The van der Waals surface area contributed by atoms with Crippen LogP contribution in [0.15, 0.2) is 17.0 Å². The number of hydrogen-bond acceptors (Lipinski definition) is 4. The number of phenolic OH excluding ortho intramolecular Hbond substituents is 1. The fourth-order valence-corrected chi connectivity index (χ4v) is 5.57. The molecule has 4 nitrogen and oxygen atoms in total.